The molecule has 0 aromatic heterocycles. The van der Waals surface area contributed by atoms with Gasteiger partial charge in [0.25, 0.3) is 0 Å². The van der Waals surface area contributed by atoms with Gasteiger partial charge in [-0.1, -0.05) is 31.2 Å². The molecule has 0 saturated carbocycles. The van der Waals surface area contributed by atoms with Crippen molar-refractivity contribution < 1.29 is 19.1 Å². The zero-order chi connectivity index (χ0) is 23.6. The van der Waals surface area contributed by atoms with E-state index in [1.165, 1.54) is 11.1 Å². The predicted molar refractivity (Wildman–Crippen MR) is 124 cm³/mol. The average molecular weight is 457 g/mol. The number of carbonyl (C=O) groups is 3. The Bertz CT molecular complexity index is 906. The summed E-state index contributed by atoms with van der Waals surface area (Å²) in [6.07, 6.45) is 4.09. The molecular weight excluding hydrogens is 420 g/mol. The van der Waals surface area contributed by atoms with Crippen molar-refractivity contribution in [3.8, 4) is 0 Å². The number of likely N-dealkylation sites (N-methyl/N-ethyl adjacent to an activating group) is 1. The van der Waals surface area contributed by atoms with Gasteiger partial charge in [0.05, 0.1) is 24.1 Å². The van der Waals surface area contributed by atoms with Crippen molar-refractivity contribution >= 4 is 17.7 Å². The van der Waals surface area contributed by atoms with Crippen LogP contribution in [-0.2, 0) is 25.5 Å². The molecule has 4 rings (SSSR count). The Morgan fingerprint density at radius 3 is 2.76 bits per heavy atom. The summed E-state index contributed by atoms with van der Waals surface area (Å²) in [7, 11) is 1.71. The Morgan fingerprint density at radius 1 is 1.21 bits per heavy atom. The van der Waals surface area contributed by atoms with Crippen LogP contribution in [0.2, 0.25) is 0 Å². The third kappa shape index (κ3) is 4.64. The predicted octanol–water partition coefficient (Wildman–Crippen LogP) is 1.65. The van der Waals surface area contributed by atoms with E-state index in [9.17, 15) is 14.4 Å². The first-order valence-corrected chi connectivity index (χ1v) is 12.2. The number of amides is 3. The summed E-state index contributed by atoms with van der Waals surface area (Å²) >= 11 is 0. The topological polar surface area (TPSA) is 99.8 Å². The molecule has 8 nitrogen and oxygen atoms in total. The lowest BCUT2D eigenvalue weighted by molar-refractivity contribution is -0.141. The Balaban J connectivity index is 1.48. The van der Waals surface area contributed by atoms with Gasteiger partial charge in [-0.2, -0.15) is 0 Å². The largest absolute Gasteiger partial charge is 0.358 e. The second-order valence-electron chi connectivity index (χ2n) is 9.61. The highest BCUT2D eigenvalue weighted by Gasteiger charge is 2.52. The Labute approximate surface area is 195 Å². The SMILES string of the molecule is CCC1(C(=O)N[C@@H]2CCCc3ccccc32)CC2OCC[C@H](NC(=O)C(C)NC)C(=O)N2C1. The van der Waals surface area contributed by atoms with Gasteiger partial charge in [0.1, 0.15) is 12.3 Å². The van der Waals surface area contributed by atoms with Gasteiger partial charge in [-0.15, -0.1) is 0 Å². The van der Waals surface area contributed by atoms with Gasteiger partial charge < -0.3 is 25.6 Å². The van der Waals surface area contributed by atoms with Crippen LogP contribution in [0.25, 0.3) is 0 Å². The van der Waals surface area contributed by atoms with Gasteiger partial charge >= 0.3 is 0 Å². The number of rotatable bonds is 6. The number of hydrogen-bond acceptors (Lipinski definition) is 5. The highest BCUT2D eigenvalue weighted by Crippen LogP contribution is 2.41. The van der Waals surface area contributed by atoms with Gasteiger partial charge in [0, 0.05) is 19.4 Å². The van der Waals surface area contributed by atoms with Crippen LogP contribution in [0.4, 0.5) is 0 Å². The second-order valence-corrected chi connectivity index (χ2v) is 9.61. The van der Waals surface area contributed by atoms with Gasteiger partial charge in [0.2, 0.25) is 17.7 Å². The summed E-state index contributed by atoms with van der Waals surface area (Å²) in [6, 6.07) is 7.27. The van der Waals surface area contributed by atoms with Crippen LogP contribution in [0, 0.1) is 5.41 Å². The van der Waals surface area contributed by atoms with Crippen molar-refractivity contribution in [2.75, 3.05) is 20.2 Å². The molecule has 2 saturated heterocycles. The molecule has 8 heteroatoms. The van der Waals surface area contributed by atoms with Crippen molar-refractivity contribution in [2.24, 2.45) is 5.41 Å². The summed E-state index contributed by atoms with van der Waals surface area (Å²) in [6.45, 7) is 4.42. The number of fused-ring (bicyclic) bond motifs is 2. The minimum Gasteiger partial charge on any atom is -0.358 e. The van der Waals surface area contributed by atoms with E-state index < -0.39 is 23.7 Å². The molecule has 5 atom stereocenters. The van der Waals surface area contributed by atoms with E-state index in [-0.39, 0.29) is 23.8 Å². The van der Waals surface area contributed by atoms with Crippen LogP contribution in [-0.4, -0.2) is 61.1 Å². The van der Waals surface area contributed by atoms with Crippen molar-refractivity contribution in [2.45, 2.75) is 76.7 Å². The lowest BCUT2D eigenvalue weighted by Gasteiger charge is -2.32. The van der Waals surface area contributed by atoms with Crippen molar-refractivity contribution in [3.05, 3.63) is 35.4 Å². The normalized spacial score (nSPS) is 30.1. The molecule has 2 aliphatic heterocycles. The number of nitrogens with zero attached hydrogens (tertiary/aromatic N) is 1. The third-order valence-corrected chi connectivity index (χ3v) is 7.66. The van der Waals surface area contributed by atoms with Crippen LogP contribution >= 0.6 is 0 Å². The lowest BCUT2D eigenvalue weighted by Crippen LogP contribution is -2.53. The maximum atomic E-state index is 13.6. The van der Waals surface area contributed by atoms with Crippen LogP contribution in [0.3, 0.4) is 0 Å². The molecule has 3 amide bonds. The van der Waals surface area contributed by atoms with E-state index in [1.807, 2.05) is 19.1 Å². The molecule has 180 valence electrons. The number of nitrogens with one attached hydrogen (secondary N) is 3. The zero-order valence-electron chi connectivity index (χ0n) is 19.9. The first-order valence-electron chi connectivity index (χ1n) is 12.2. The van der Waals surface area contributed by atoms with Gasteiger partial charge in [-0.25, -0.2) is 0 Å². The van der Waals surface area contributed by atoms with Gasteiger partial charge in [0.15, 0.2) is 0 Å². The molecular formula is C25H36N4O4. The Morgan fingerprint density at radius 2 is 2.00 bits per heavy atom. The van der Waals surface area contributed by atoms with Gasteiger partial charge in [-0.05, 0) is 50.8 Å². The van der Waals surface area contributed by atoms with E-state index in [1.54, 1.807) is 18.9 Å². The Hall–Kier alpha value is -2.45. The van der Waals surface area contributed by atoms with E-state index in [4.69, 9.17) is 4.74 Å². The van der Waals surface area contributed by atoms with Gasteiger partial charge in [-0.3, -0.25) is 14.4 Å². The molecule has 3 aliphatic rings. The number of benzene rings is 1. The van der Waals surface area contributed by atoms with E-state index >= 15 is 0 Å². The molecule has 0 radical (unpaired) electrons. The molecule has 2 heterocycles. The third-order valence-electron chi connectivity index (χ3n) is 7.66. The zero-order valence-corrected chi connectivity index (χ0v) is 19.9. The molecule has 3 unspecified atom stereocenters. The molecule has 0 spiro atoms. The van der Waals surface area contributed by atoms with Crippen LogP contribution in [0.1, 0.15) is 63.1 Å². The minimum absolute atomic E-state index is 0.00188. The number of aryl methyl sites for hydroxylation is 1. The summed E-state index contributed by atoms with van der Waals surface area (Å²) in [5.41, 5.74) is 1.80. The molecule has 1 aromatic rings. The highest BCUT2D eigenvalue weighted by molar-refractivity contribution is 5.91. The fraction of sp³-hybridized carbons (Fsp3) is 0.640. The smallest absolute Gasteiger partial charge is 0.247 e. The van der Waals surface area contributed by atoms with Crippen molar-refractivity contribution in [1.29, 1.82) is 0 Å². The van der Waals surface area contributed by atoms with E-state index in [0.29, 0.717) is 32.4 Å². The molecule has 0 bridgehead atoms. The molecule has 33 heavy (non-hydrogen) atoms. The van der Waals surface area contributed by atoms with Crippen LogP contribution in [0.15, 0.2) is 24.3 Å². The number of ether oxygens (including phenoxy) is 1. The summed E-state index contributed by atoms with van der Waals surface area (Å²) in [5.74, 6) is -0.398. The van der Waals surface area contributed by atoms with Crippen molar-refractivity contribution in [1.82, 2.24) is 20.9 Å². The summed E-state index contributed by atoms with van der Waals surface area (Å²) in [4.78, 5) is 41.0. The second kappa shape index (κ2) is 9.81. The Kier molecular flexibility index (Phi) is 7.05. The summed E-state index contributed by atoms with van der Waals surface area (Å²) < 4.78 is 6.01. The van der Waals surface area contributed by atoms with Crippen LogP contribution in [0.5, 0.6) is 0 Å². The van der Waals surface area contributed by atoms with Crippen molar-refractivity contribution in [3.63, 3.8) is 0 Å². The standard InChI is InChI=1S/C25H36N4O4/c1-4-25(24(32)28-19-11-7-9-17-8-5-6-10-18(17)19)14-21-29(15-25)23(31)20(12-13-33-21)27-22(30)16(2)26-3/h5-6,8,10,16,19-21,26H,4,7,9,11-15H2,1-3H3,(H,27,30)(H,28,32)/t16?,19-,20+,21?,25?/m1/s1. The molecule has 1 aliphatic carbocycles. The highest BCUT2D eigenvalue weighted by atomic mass is 16.5. The molecule has 3 N–H and O–H groups in total. The monoisotopic (exact) mass is 456 g/mol. The molecule has 2 fully saturated rings. The minimum atomic E-state index is -0.698. The maximum absolute atomic E-state index is 13.6. The first-order chi connectivity index (χ1) is 15.9. The summed E-state index contributed by atoms with van der Waals surface area (Å²) in [5, 5.41) is 9.05. The van der Waals surface area contributed by atoms with E-state index in [2.05, 4.69) is 28.1 Å². The fourth-order valence-corrected chi connectivity index (χ4v) is 5.31. The number of carbonyl (C=O) groups excluding carboxylic acids is 3. The first kappa shape index (κ1) is 23.7. The lowest BCUT2D eigenvalue weighted by atomic mass is 9.81. The quantitative estimate of drug-likeness (QED) is 0.605. The average Bonchev–Trinajstić information content (AvgIpc) is 3.16. The molecule has 1 aromatic carbocycles. The maximum Gasteiger partial charge on any atom is 0.247 e. The number of hydrogen-bond donors (Lipinski definition) is 3. The van der Waals surface area contributed by atoms with Crippen LogP contribution < -0.4 is 16.0 Å². The fourth-order valence-electron chi connectivity index (χ4n) is 5.31. The van der Waals surface area contributed by atoms with E-state index in [0.717, 1.165) is 19.3 Å².